The van der Waals surface area contributed by atoms with E-state index in [-0.39, 0.29) is 10.7 Å². The van der Waals surface area contributed by atoms with E-state index >= 15 is 0 Å². The number of rotatable bonds is 5. The Labute approximate surface area is 142 Å². The summed E-state index contributed by atoms with van der Waals surface area (Å²) in [4.78, 5) is 38.7. The lowest BCUT2D eigenvalue weighted by molar-refractivity contribution is -0.123. The van der Waals surface area contributed by atoms with Crippen molar-refractivity contribution in [2.24, 2.45) is 5.73 Å². The number of nitrogens with one attached hydrogen (secondary N) is 1. The van der Waals surface area contributed by atoms with Crippen LogP contribution in [0.2, 0.25) is 5.15 Å². The summed E-state index contributed by atoms with van der Waals surface area (Å²) in [5.74, 6) is -1.77. The average Bonchev–Trinajstić information content (AvgIpc) is 2.55. The Morgan fingerprint density at radius 1 is 1.12 bits per heavy atom. The molecule has 2 aromatic rings. The Morgan fingerprint density at radius 3 is 2.29 bits per heavy atom. The van der Waals surface area contributed by atoms with Crippen molar-refractivity contribution in [3.63, 3.8) is 0 Å². The summed E-state index contributed by atoms with van der Waals surface area (Å²) in [5.41, 5.74) is 6.09. The van der Waals surface area contributed by atoms with Crippen molar-refractivity contribution in [3.05, 3.63) is 58.9 Å². The van der Waals surface area contributed by atoms with Crippen LogP contribution in [0.1, 0.15) is 27.6 Å². The van der Waals surface area contributed by atoms with Crippen molar-refractivity contribution in [2.45, 2.75) is 13.0 Å². The normalized spacial score (nSPS) is 11.4. The quantitative estimate of drug-likeness (QED) is 0.634. The number of nitrogens with two attached hydrogens (primary N) is 1. The van der Waals surface area contributed by atoms with E-state index in [4.69, 9.17) is 22.1 Å². The minimum Gasteiger partial charge on any atom is -0.449 e. The van der Waals surface area contributed by atoms with Crippen LogP contribution >= 0.6 is 11.6 Å². The Balaban J connectivity index is 1.95. The number of aromatic nitrogens is 1. The van der Waals surface area contributed by atoms with E-state index in [9.17, 15) is 14.4 Å². The number of hydrogen-bond donors (Lipinski definition) is 2. The van der Waals surface area contributed by atoms with E-state index in [1.807, 2.05) is 0 Å². The predicted octanol–water partition coefficient (Wildman–Crippen LogP) is 2.02. The molecule has 1 aromatic carbocycles. The number of hydrogen-bond acceptors (Lipinski definition) is 5. The minimum atomic E-state index is -1.02. The third-order valence-corrected chi connectivity index (χ3v) is 3.28. The molecular weight excluding hydrogens is 334 g/mol. The average molecular weight is 348 g/mol. The summed E-state index contributed by atoms with van der Waals surface area (Å²) in [6, 6.07) is 8.90. The molecule has 0 saturated heterocycles. The van der Waals surface area contributed by atoms with Gasteiger partial charge in [-0.2, -0.15) is 0 Å². The van der Waals surface area contributed by atoms with Crippen LogP contribution in [0, 0.1) is 0 Å². The summed E-state index contributed by atoms with van der Waals surface area (Å²) in [6.45, 7) is 1.44. The zero-order chi connectivity index (χ0) is 17.7. The molecule has 8 heteroatoms. The molecule has 2 amide bonds. The monoisotopic (exact) mass is 347 g/mol. The molecule has 1 atom stereocenters. The number of amides is 2. The molecular formula is C16H14ClN3O4. The SMILES string of the molecule is CC(OC(=O)c1ccc(Cl)nc1)C(=O)Nc1ccc(C(N)=O)cc1. The Hall–Kier alpha value is -2.93. The summed E-state index contributed by atoms with van der Waals surface area (Å²) in [6.07, 6.45) is 0.238. The van der Waals surface area contributed by atoms with Crippen LogP contribution in [-0.2, 0) is 9.53 Å². The lowest BCUT2D eigenvalue weighted by atomic mass is 10.2. The van der Waals surface area contributed by atoms with E-state index < -0.39 is 23.9 Å². The highest BCUT2D eigenvalue weighted by Gasteiger charge is 2.19. The van der Waals surface area contributed by atoms with Gasteiger partial charge in [-0.15, -0.1) is 0 Å². The number of carbonyl (C=O) groups excluding carboxylic acids is 3. The molecule has 0 aliphatic carbocycles. The van der Waals surface area contributed by atoms with Gasteiger partial charge in [0.15, 0.2) is 6.10 Å². The molecule has 124 valence electrons. The number of pyridine rings is 1. The summed E-state index contributed by atoms with van der Waals surface area (Å²) in [7, 11) is 0. The summed E-state index contributed by atoms with van der Waals surface area (Å²) < 4.78 is 5.06. The number of ether oxygens (including phenoxy) is 1. The van der Waals surface area contributed by atoms with Gasteiger partial charge in [0.05, 0.1) is 5.56 Å². The highest BCUT2D eigenvalue weighted by molar-refractivity contribution is 6.29. The van der Waals surface area contributed by atoms with Crippen LogP contribution in [0.4, 0.5) is 5.69 Å². The largest absolute Gasteiger partial charge is 0.449 e. The second-order valence-corrected chi connectivity index (χ2v) is 5.24. The van der Waals surface area contributed by atoms with E-state index in [1.54, 1.807) is 0 Å². The first kappa shape index (κ1) is 17.4. The zero-order valence-electron chi connectivity index (χ0n) is 12.7. The van der Waals surface area contributed by atoms with Crippen molar-refractivity contribution in [3.8, 4) is 0 Å². The molecule has 2 rings (SSSR count). The fourth-order valence-electron chi connectivity index (χ4n) is 1.74. The maximum absolute atomic E-state index is 12.0. The highest BCUT2D eigenvalue weighted by atomic mass is 35.5. The van der Waals surface area contributed by atoms with Gasteiger partial charge in [-0.3, -0.25) is 9.59 Å². The number of benzene rings is 1. The second-order valence-electron chi connectivity index (χ2n) is 4.85. The molecule has 0 radical (unpaired) electrons. The maximum atomic E-state index is 12.0. The standard InChI is InChI=1S/C16H14ClN3O4/c1-9(24-16(23)11-4-7-13(17)19-8-11)15(22)20-12-5-2-10(3-6-12)14(18)21/h2-9H,1H3,(H2,18,21)(H,20,22). The van der Waals surface area contributed by atoms with Crippen molar-refractivity contribution in [1.29, 1.82) is 0 Å². The number of carbonyl (C=O) groups is 3. The molecule has 0 fully saturated rings. The topological polar surface area (TPSA) is 111 Å². The molecule has 1 aromatic heterocycles. The number of esters is 1. The summed E-state index contributed by atoms with van der Waals surface area (Å²) >= 11 is 5.64. The fourth-order valence-corrected chi connectivity index (χ4v) is 1.85. The maximum Gasteiger partial charge on any atom is 0.340 e. The molecule has 24 heavy (non-hydrogen) atoms. The number of primary amides is 1. The van der Waals surface area contributed by atoms with Crippen molar-refractivity contribution in [2.75, 3.05) is 5.32 Å². The van der Waals surface area contributed by atoms with Gasteiger partial charge in [0, 0.05) is 17.4 Å². The molecule has 0 aliphatic heterocycles. The van der Waals surface area contributed by atoms with Crippen molar-refractivity contribution >= 4 is 35.1 Å². The van der Waals surface area contributed by atoms with Crippen LogP contribution in [-0.4, -0.2) is 28.9 Å². The first-order chi connectivity index (χ1) is 11.4. The van der Waals surface area contributed by atoms with Crippen LogP contribution in [0.3, 0.4) is 0 Å². The molecule has 7 nitrogen and oxygen atoms in total. The van der Waals surface area contributed by atoms with Crippen LogP contribution in [0.25, 0.3) is 0 Å². The van der Waals surface area contributed by atoms with Gasteiger partial charge in [0.1, 0.15) is 5.15 Å². The van der Waals surface area contributed by atoms with Crippen LogP contribution < -0.4 is 11.1 Å². The van der Waals surface area contributed by atoms with Gasteiger partial charge >= 0.3 is 5.97 Å². The first-order valence-electron chi connectivity index (χ1n) is 6.90. The predicted molar refractivity (Wildman–Crippen MR) is 87.7 cm³/mol. The van der Waals surface area contributed by atoms with Crippen molar-refractivity contribution in [1.82, 2.24) is 4.98 Å². The fraction of sp³-hybridized carbons (Fsp3) is 0.125. The molecule has 0 aliphatic rings. The van der Waals surface area contributed by atoms with Gasteiger partial charge in [-0.1, -0.05) is 11.6 Å². The highest BCUT2D eigenvalue weighted by Crippen LogP contribution is 2.11. The molecule has 0 spiro atoms. The first-order valence-corrected chi connectivity index (χ1v) is 7.28. The third kappa shape index (κ3) is 4.53. The molecule has 0 bridgehead atoms. The molecule has 3 N–H and O–H groups in total. The second kappa shape index (κ2) is 7.56. The molecule has 1 unspecified atom stereocenters. The number of nitrogens with zero attached hydrogens (tertiary/aromatic N) is 1. The summed E-state index contributed by atoms with van der Waals surface area (Å²) in [5, 5.41) is 2.82. The zero-order valence-corrected chi connectivity index (χ0v) is 13.4. The van der Waals surface area contributed by atoms with E-state index in [2.05, 4.69) is 10.3 Å². The number of anilines is 1. The Bertz CT molecular complexity index is 760. The number of halogens is 1. The van der Waals surface area contributed by atoms with Crippen molar-refractivity contribution < 1.29 is 19.1 Å². The Morgan fingerprint density at radius 2 is 1.75 bits per heavy atom. The smallest absolute Gasteiger partial charge is 0.340 e. The van der Waals surface area contributed by atoms with E-state index in [0.29, 0.717) is 11.3 Å². The van der Waals surface area contributed by atoms with Crippen LogP contribution in [0.15, 0.2) is 42.6 Å². The molecule has 1 heterocycles. The lowest BCUT2D eigenvalue weighted by Crippen LogP contribution is -2.30. The van der Waals surface area contributed by atoms with Gasteiger partial charge in [0.2, 0.25) is 5.91 Å². The van der Waals surface area contributed by atoms with Gasteiger partial charge < -0.3 is 15.8 Å². The third-order valence-electron chi connectivity index (χ3n) is 3.05. The van der Waals surface area contributed by atoms with Gasteiger partial charge in [-0.05, 0) is 43.3 Å². The lowest BCUT2D eigenvalue weighted by Gasteiger charge is -2.13. The van der Waals surface area contributed by atoms with E-state index in [0.717, 1.165) is 0 Å². The molecule has 0 saturated carbocycles. The minimum absolute atomic E-state index is 0.185. The van der Waals surface area contributed by atoms with Crippen LogP contribution in [0.5, 0.6) is 0 Å². The van der Waals surface area contributed by atoms with E-state index in [1.165, 1.54) is 49.5 Å². The van der Waals surface area contributed by atoms with Gasteiger partial charge in [-0.25, -0.2) is 9.78 Å². The van der Waals surface area contributed by atoms with Gasteiger partial charge in [0.25, 0.3) is 5.91 Å². The Kier molecular flexibility index (Phi) is 5.49.